The predicted octanol–water partition coefficient (Wildman–Crippen LogP) is 1.99. The molecule has 0 unspecified atom stereocenters. The number of rotatable bonds is 4. The Kier molecular flexibility index (Phi) is 5.33. The molecule has 0 spiro atoms. The summed E-state index contributed by atoms with van der Waals surface area (Å²) in [6.45, 7) is -0.0505. The van der Waals surface area contributed by atoms with Crippen molar-refractivity contribution in [3.05, 3.63) is 29.8 Å². The van der Waals surface area contributed by atoms with E-state index >= 15 is 0 Å². The van der Waals surface area contributed by atoms with Crippen molar-refractivity contribution >= 4 is 17.5 Å². The Morgan fingerprint density at radius 1 is 1.19 bits per heavy atom. The third-order valence-electron chi connectivity index (χ3n) is 4.04. The van der Waals surface area contributed by atoms with Gasteiger partial charge in [-0.05, 0) is 37.1 Å². The lowest BCUT2D eigenvalue weighted by molar-refractivity contribution is -0.114. The van der Waals surface area contributed by atoms with Crippen molar-refractivity contribution in [2.24, 2.45) is 5.73 Å². The molecule has 1 aliphatic carbocycles. The maximum absolute atomic E-state index is 12.5. The van der Waals surface area contributed by atoms with Crippen LogP contribution in [0.1, 0.15) is 42.5 Å². The SMILES string of the molecule is CN(C(=O)c1ccc(NC(=O)CN)cc1)C1CCCCC1. The van der Waals surface area contributed by atoms with Crippen molar-refractivity contribution in [3.8, 4) is 0 Å². The summed E-state index contributed by atoms with van der Waals surface area (Å²) in [5.74, 6) is -0.202. The highest BCUT2D eigenvalue weighted by atomic mass is 16.2. The van der Waals surface area contributed by atoms with E-state index in [1.165, 1.54) is 19.3 Å². The van der Waals surface area contributed by atoms with Crippen LogP contribution in [0.15, 0.2) is 24.3 Å². The number of nitrogens with zero attached hydrogens (tertiary/aromatic N) is 1. The molecule has 2 amide bonds. The smallest absolute Gasteiger partial charge is 0.253 e. The van der Waals surface area contributed by atoms with Gasteiger partial charge in [0.2, 0.25) is 5.91 Å². The topological polar surface area (TPSA) is 75.4 Å². The number of hydrogen-bond donors (Lipinski definition) is 2. The number of amides is 2. The first-order valence-corrected chi connectivity index (χ1v) is 7.49. The zero-order valence-corrected chi connectivity index (χ0v) is 12.5. The first kappa shape index (κ1) is 15.5. The molecule has 0 atom stereocenters. The molecule has 114 valence electrons. The lowest BCUT2D eigenvalue weighted by Crippen LogP contribution is -2.38. The van der Waals surface area contributed by atoms with E-state index in [0.29, 0.717) is 17.3 Å². The summed E-state index contributed by atoms with van der Waals surface area (Å²) in [6.07, 6.45) is 5.85. The van der Waals surface area contributed by atoms with E-state index in [2.05, 4.69) is 5.32 Å². The summed E-state index contributed by atoms with van der Waals surface area (Å²) in [5, 5.41) is 2.66. The maximum atomic E-state index is 12.5. The van der Waals surface area contributed by atoms with Crippen molar-refractivity contribution in [2.45, 2.75) is 38.1 Å². The molecule has 1 aromatic carbocycles. The Balaban J connectivity index is 2.00. The fourth-order valence-electron chi connectivity index (χ4n) is 2.75. The molecule has 1 aliphatic rings. The fraction of sp³-hybridized carbons (Fsp3) is 0.500. The molecule has 5 nitrogen and oxygen atoms in total. The predicted molar refractivity (Wildman–Crippen MR) is 83.1 cm³/mol. The standard InChI is InChI=1S/C16H23N3O2/c1-19(14-5-3-2-4-6-14)16(21)12-7-9-13(10-8-12)18-15(20)11-17/h7-10,14H,2-6,11,17H2,1H3,(H,18,20). The van der Waals surface area contributed by atoms with Crippen LogP contribution < -0.4 is 11.1 Å². The van der Waals surface area contributed by atoms with Crippen molar-refractivity contribution < 1.29 is 9.59 Å². The van der Waals surface area contributed by atoms with Crippen LogP contribution in [-0.4, -0.2) is 36.3 Å². The van der Waals surface area contributed by atoms with Crippen molar-refractivity contribution in [3.63, 3.8) is 0 Å². The fourth-order valence-corrected chi connectivity index (χ4v) is 2.75. The number of nitrogens with two attached hydrogens (primary N) is 1. The summed E-state index contributed by atoms with van der Waals surface area (Å²) >= 11 is 0. The summed E-state index contributed by atoms with van der Waals surface area (Å²) in [5.41, 5.74) is 6.55. The number of hydrogen-bond acceptors (Lipinski definition) is 3. The maximum Gasteiger partial charge on any atom is 0.253 e. The van der Waals surface area contributed by atoms with Crippen LogP contribution in [-0.2, 0) is 4.79 Å². The Morgan fingerprint density at radius 2 is 1.81 bits per heavy atom. The third-order valence-corrected chi connectivity index (χ3v) is 4.04. The minimum atomic E-state index is -0.242. The Hall–Kier alpha value is -1.88. The van der Waals surface area contributed by atoms with Crippen LogP contribution in [0, 0.1) is 0 Å². The van der Waals surface area contributed by atoms with Gasteiger partial charge in [0.15, 0.2) is 0 Å². The van der Waals surface area contributed by atoms with E-state index < -0.39 is 0 Å². The molecular weight excluding hydrogens is 266 g/mol. The van der Waals surface area contributed by atoms with Gasteiger partial charge in [-0.15, -0.1) is 0 Å². The average molecular weight is 289 g/mol. The number of anilines is 1. The molecule has 5 heteroatoms. The van der Waals surface area contributed by atoms with E-state index in [-0.39, 0.29) is 18.4 Å². The van der Waals surface area contributed by atoms with Crippen molar-refractivity contribution in [1.82, 2.24) is 4.90 Å². The van der Waals surface area contributed by atoms with E-state index in [1.807, 2.05) is 11.9 Å². The molecule has 3 N–H and O–H groups in total. The van der Waals surface area contributed by atoms with Crippen LogP contribution >= 0.6 is 0 Å². The highest BCUT2D eigenvalue weighted by molar-refractivity contribution is 5.96. The lowest BCUT2D eigenvalue weighted by Gasteiger charge is -2.31. The monoisotopic (exact) mass is 289 g/mol. The molecule has 0 bridgehead atoms. The van der Waals surface area contributed by atoms with E-state index in [9.17, 15) is 9.59 Å². The van der Waals surface area contributed by atoms with Crippen LogP contribution in [0.3, 0.4) is 0 Å². The summed E-state index contributed by atoms with van der Waals surface area (Å²) in [4.78, 5) is 25.5. The largest absolute Gasteiger partial charge is 0.339 e. The van der Waals surface area contributed by atoms with Gasteiger partial charge in [-0.25, -0.2) is 0 Å². The average Bonchev–Trinajstić information content (AvgIpc) is 2.55. The molecule has 1 aromatic rings. The molecule has 0 saturated heterocycles. The summed E-state index contributed by atoms with van der Waals surface area (Å²) < 4.78 is 0. The summed E-state index contributed by atoms with van der Waals surface area (Å²) in [7, 11) is 1.88. The van der Waals surface area contributed by atoms with E-state index in [4.69, 9.17) is 5.73 Å². The second-order valence-corrected chi connectivity index (χ2v) is 5.54. The number of nitrogens with one attached hydrogen (secondary N) is 1. The summed E-state index contributed by atoms with van der Waals surface area (Å²) in [6, 6.07) is 7.30. The van der Waals surface area contributed by atoms with Crippen LogP contribution in [0.5, 0.6) is 0 Å². The van der Waals surface area contributed by atoms with Gasteiger partial charge in [-0.1, -0.05) is 19.3 Å². The number of carbonyl (C=O) groups excluding carboxylic acids is 2. The quantitative estimate of drug-likeness (QED) is 0.890. The van der Waals surface area contributed by atoms with Gasteiger partial charge in [0.1, 0.15) is 0 Å². The highest BCUT2D eigenvalue weighted by Gasteiger charge is 2.22. The molecule has 0 radical (unpaired) electrons. The molecule has 2 rings (SSSR count). The molecule has 0 aliphatic heterocycles. The van der Waals surface area contributed by atoms with Gasteiger partial charge in [-0.2, -0.15) is 0 Å². The normalized spacial score (nSPS) is 15.5. The zero-order valence-electron chi connectivity index (χ0n) is 12.5. The molecule has 1 saturated carbocycles. The van der Waals surface area contributed by atoms with Crippen molar-refractivity contribution in [1.29, 1.82) is 0 Å². The molecule has 1 fully saturated rings. The van der Waals surface area contributed by atoms with Crippen LogP contribution in [0.25, 0.3) is 0 Å². The van der Waals surface area contributed by atoms with Gasteiger partial charge in [-0.3, -0.25) is 9.59 Å². The van der Waals surface area contributed by atoms with E-state index in [0.717, 1.165) is 12.8 Å². The Labute approximate surface area is 125 Å². The van der Waals surface area contributed by atoms with Gasteiger partial charge in [0, 0.05) is 24.3 Å². The Bertz CT molecular complexity index is 493. The second-order valence-electron chi connectivity index (χ2n) is 5.54. The van der Waals surface area contributed by atoms with Gasteiger partial charge in [0.05, 0.1) is 6.54 Å². The first-order chi connectivity index (χ1) is 10.1. The molecule has 0 heterocycles. The molecule has 0 aromatic heterocycles. The minimum absolute atomic E-state index is 0.0404. The number of benzene rings is 1. The molecular formula is C16H23N3O2. The molecule has 21 heavy (non-hydrogen) atoms. The van der Waals surface area contributed by atoms with Crippen LogP contribution in [0.4, 0.5) is 5.69 Å². The van der Waals surface area contributed by atoms with E-state index in [1.54, 1.807) is 24.3 Å². The second kappa shape index (κ2) is 7.22. The van der Waals surface area contributed by atoms with Crippen molar-refractivity contribution in [2.75, 3.05) is 18.9 Å². The van der Waals surface area contributed by atoms with Crippen LogP contribution in [0.2, 0.25) is 0 Å². The third kappa shape index (κ3) is 4.04. The van der Waals surface area contributed by atoms with Gasteiger partial charge < -0.3 is 16.0 Å². The zero-order chi connectivity index (χ0) is 15.2. The lowest BCUT2D eigenvalue weighted by atomic mass is 9.94. The minimum Gasteiger partial charge on any atom is -0.339 e. The highest BCUT2D eigenvalue weighted by Crippen LogP contribution is 2.23. The Morgan fingerprint density at radius 3 is 2.38 bits per heavy atom. The van der Waals surface area contributed by atoms with Gasteiger partial charge in [0.25, 0.3) is 5.91 Å². The number of carbonyl (C=O) groups is 2. The van der Waals surface area contributed by atoms with Gasteiger partial charge >= 0.3 is 0 Å². The first-order valence-electron chi connectivity index (χ1n) is 7.49.